The Balaban J connectivity index is 4.22. The molecule has 5 heteroatoms. The van der Waals surface area contributed by atoms with Crippen LogP contribution in [0.25, 0.3) is 0 Å². The van der Waals surface area contributed by atoms with Gasteiger partial charge in [0.15, 0.2) is 0 Å². The molecule has 0 saturated heterocycles. The summed E-state index contributed by atoms with van der Waals surface area (Å²) in [6, 6.07) is 0. The van der Waals surface area contributed by atoms with Crippen LogP contribution in [0.4, 0.5) is 0 Å². The number of aliphatic imine (C=N–C) groups is 1. The van der Waals surface area contributed by atoms with Crippen molar-refractivity contribution >= 4 is 6.34 Å². The van der Waals surface area contributed by atoms with Crippen molar-refractivity contribution < 1.29 is 5.11 Å². The summed E-state index contributed by atoms with van der Waals surface area (Å²) < 4.78 is 0. The van der Waals surface area contributed by atoms with Gasteiger partial charge in [0.25, 0.3) is 0 Å². The molecule has 0 unspecified atom stereocenters. The van der Waals surface area contributed by atoms with E-state index in [2.05, 4.69) is 22.1 Å². The van der Waals surface area contributed by atoms with Gasteiger partial charge in [-0.2, -0.15) is 0 Å². The minimum Gasteiger partial charge on any atom is -0.395 e. The Morgan fingerprint density at radius 1 is 1.60 bits per heavy atom. The number of nitrogens with two attached hydrogens (primary N) is 1. The summed E-state index contributed by atoms with van der Waals surface area (Å²) in [6.07, 6.45) is 1.56. The Morgan fingerprint density at radius 3 is 2.73 bits per heavy atom. The van der Waals surface area contributed by atoms with Crippen LogP contribution in [0.5, 0.6) is 0 Å². The molecular formula is C10H22N4O. The van der Waals surface area contributed by atoms with Crippen LogP contribution in [0.15, 0.2) is 16.4 Å². The van der Waals surface area contributed by atoms with Crippen LogP contribution in [-0.2, 0) is 0 Å². The molecule has 88 valence electrons. The van der Waals surface area contributed by atoms with E-state index in [-0.39, 0.29) is 6.61 Å². The van der Waals surface area contributed by atoms with E-state index in [0.717, 1.165) is 18.7 Å². The highest BCUT2D eigenvalue weighted by molar-refractivity contribution is 5.57. The molecule has 0 aromatic carbocycles. The first-order valence-corrected chi connectivity index (χ1v) is 5.11. The van der Waals surface area contributed by atoms with Gasteiger partial charge in [0.2, 0.25) is 0 Å². The second kappa shape index (κ2) is 8.26. The monoisotopic (exact) mass is 214 g/mol. The van der Waals surface area contributed by atoms with Crippen molar-refractivity contribution in [3.63, 3.8) is 0 Å². The molecule has 0 amide bonds. The molecular weight excluding hydrogens is 192 g/mol. The first kappa shape index (κ1) is 13.9. The highest BCUT2D eigenvalue weighted by Crippen LogP contribution is 1.99. The number of nitrogens with one attached hydrogen (secondary N) is 1. The average Bonchev–Trinajstić information content (AvgIpc) is 2.24. The minimum absolute atomic E-state index is 0.171. The second-order valence-corrected chi connectivity index (χ2v) is 3.32. The average molecular weight is 214 g/mol. The van der Waals surface area contributed by atoms with Crippen LogP contribution >= 0.6 is 0 Å². The smallest absolute Gasteiger partial charge is 0.101 e. The number of aliphatic hydroxyl groups is 1. The normalized spacial score (nSPS) is 13.4. The third-order valence-electron chi connectivity index (χ3n) is 2.13. The van der Waals surface area contributed by atoms with Crippen molar-refractivity contribution in [1.29, 1.82) is 0 Å². The van der Waals surface area contributed by atoms with Gasteiger partial charge in [-0.3, -0.25) is 9.89 Å². The molecule has 0 radical (unpaired) electrons. The topological polar surface area (TPSA) is 73.9 Å². The van der Waals surface area contributed by atoms with Gasteiger partial charge in [0, 0.05) is 20.1 Å². The van der Waals surface area contributed by atoms with Gasteiger partial charge >= 0.3 is 0 Å². The predicted octanol–water partition coefficient (Wildman–Crippen LogP) is -0.261. The number of nitrogens with zero attached hydrogens (tertiary/aromatic N) is 2. The summed E-state index contributed by atoms with van der Waals surface area (Å²) in [5, 5.41) is 11.7. The quantitative estimate of drug-likeness (QED) is 0.403. The summed E-state index contributed by atoms with van der Waals surface area (Å²) in [6.45, 7) is 6.51. The van der Waals surface area contributed by atoms with Crippen LogP contribution in [0.3, 0.4) is 0 Å². The van der Waals surface area contributed by atoms with E-state index >= 15 is 0 Å². The van der Waals surface area contributed by atoms with E-state index in [4.69, 9.17) is 10.8 Å². The zero-order valence-corrected chi connectivity index (χ0v) is 9.82. The third kappa shape index (κ3) is 6.09. The number of likely N-dealkylation sites (N-methyl/N-ethyl adjacent to an activating group) is 1. The van der Waals surface area contributed by atoms with Crippen molar-refractivity contribution in [3.8, 4) is 0 Å². The van der Waals surface area contributed by atoms with Crippen LogP contribution in [-0.4, -0.2) is 49.6 Å². The number of aliphatic hydroxyl groups excluding tert-OH is 1. The molecule has 0 aliphatic carbocycles. The standard InChI is InChI=1S/C10H22N4O/c1-4-14(5-6-15)7-9(2)10(11)13-8-12-3/h8,15H,4-7,11H2,1-3H3,(H,12,13)/b10-9-. The molecule has 0 aromatic heterocycles. The van der Waals surface area contributed by atoms with E-state index in [0.29, 0.717) is 12.4 Å². The molecule has 4 N–H and O–H groups in total. The van der Waals surface area contributed by atoms with Crippen molar-refractivity contribution in [2.75, 3.05) is 33.3 Å². The molecule has 0 aliphatic rings. The summed E-state index contributed by atoms with van der Waals surface area (Å²) >= 11 is 0. The van der Waals surface area contributed by atoms with Gasteiger partial charge in [-0.15, -0.1) is 0 Å². The SMILES string of the molecule is CCN(CCO)C/C(C)=C(/N)NC=NC. The van der Waals surface area contributed by atoms with Gasteiger partial charge in [0.1, 0.15) is 5.82 Å². The summed E-state index contributed by atoms with van der Waals surface area (Å²) in [5.41, 5.74) is 6.84. The lowest BCUT2D eigenvalue weighted by molar-refractivity contribution is 0.211. The fourth-order valence-corrected chi connectivity index (χ4v) is 1.17. The van der Waals surface area contributed by atoms with Crippen LogP contribution < -0.4 is 11.1 Å². The summed E-state index contributed by atoms with van der Waals surface area (Å²) in [7, 11) is 1.68. The van der Waals surface area contributed by atoms with Gasteiger partial charge in [-0.05, 0) is 19.0 Å². The third-order valence-corrected chi connectivity index (χ3v) is 2.13. The molecule has 0 saturated carbocycles. The Kier molecular flexibility index (Phi) is 7.67. The Labute approximate surface area is 91.7 Å². The van der Waals surface area contributed by atoms with Crippen molar-refractivity contribution in [1.82, 2.24) is 10.2 Å². The van der Waals surface area contributed by atoms with Crippen molar-refractivity contribution in [2.24, 2.45) is 10.7 Å². The Morgan fingerprint density at radius 2 is 2.27 bits per heavy atom. The summed E-state index contributed by atoms with van der Waals surface area (Å²) in [5.74, 6) is 0.622. The molecule has 0 aromatic rings. The predicted molar refractivity (Wildman–Crippen MR) is 63.6 cm³/mol. The molecule has 0 atom stereocenters. The lowest BCUT2D eigenvalue weighted by Gasteiger charge is -2.20. The van der Waals surface area contributed by atoms with Gasteiger partial charge < -0.3 is 16.2 Å². The maximum Gasteiger partial charge on any atom is 0.101 e. The fourth-order valence-electron chi connectivity index (χ4n) is 1.17. The molecule has 0 fully saturated rings. The van der Waals surface area contributed by atoms with Crippen molar-refractivity contribution in [2.45, 2.75) is 13.8 Å². The second-order valence-electron chi connectivity index (χ2n) is 3.32. The van der Waals surface area contributed by atoms with E-state index in [1.165, 1.54) is 0 Å². The first-order valence-electron chi connectivity index (χ1n) is 5.11. The molecule has 0 heterocycles. The maximum atomic E-state index is 8.83. The van der Waals surface area contributed by atoms with Gasteiger partial charge in [-0.25, -0.2) is 0 Å². The highest BCUT2D eigenvalue weighted by Gasteiger charge is 2.04. The zero-order valence-electron chi connectivity index (χ0n) is 9.82. The van der Waals surface area contributed by atoms with E-state index in [1.807, 2.05) is 6.92 Å². The highest BCUT2D eigenvalue weighted by atomic mass is 16.3. The van der Waals surface area contributed by atoms with E-state index in [1.54, 1.807) is 13.4 Å². The summed E-state index contributed by atoms with van der Waals surface area (Å²) in [4.78, 5) is 5.91. The molecule has 0 spiro atoms. The lowest BCUT2D eigenvalue weighted by Crippen LogP contribution is -2.31. The molecule has 0 bridgehead atoms. The van der Waals surface area contributed by atoms with Crippen LogP contribution in [0.2, 0.25) is 0 Å². The van der Waals surface area contributed by atoms with Crippen LogP contribution in [0.1, 0.15) is 13.8 Å². The Hall–Kier alpha value is -1.07. The minimum atomic E-state index is 0.171. The van der Waals surface area contributed by atoms with E-state index < -0.39 is 0 Å². The number of hydrogen-bond donors (Lipinski definition) is 3. The van der Waals surface area contributed by atoms with Crippen molar-refractivity contribution in [3.05, 3.63) is 11.4 Å². The lowest BCUT2D eigenvalue weighted by atomic mass is 10.2. The maximum absolute atomic E-state index is 8.83. The van der Waals surface area contributed by atoms with Gasteiger partial charge in [-0.1, -0.05) is 6.92 Å². The number of hydrogen-bond acceptors (Lipinski definition) is 4. The molecule has 0 aliphatic heterocycles. The number of rotatable bonds is 7. The zero-order chi connectivity index (χ0) is 11.7. The molecule has 0 rings (SSSR count). The molecule has 15 heavy (non-hydrogen) atoms. The largest absolute Gasteiger partial charge is 0.395 e. The first-order chi connectivity index (χ1) is 7.15. The molecule has 5 nitrogen and oxygen atoms in total. The Bertz CT molecular complexity index is 225. The van der Waals surface area contributed by atoms with E-state index in [9.17, 15) is 0 Å². The van der Waals surface area contributed by atoms with Gasteiger partial charge in [0.05, 0.1) is 12.9 Å². The fraction of sp³-hybridized carbons (Fsp3) is 0.700. The van der Waals surface area contributed by atoms with Crippen LogP contribution in [0, 0.1) is 0 Å².